The van der Waals surface area contributed by atoms with Crippen molar-refractivity contribution in [3.8, 4) is 0 Å². The molecule has 2 aromatic rings. The summed E-state index contributed by atoms with van der Waals surface area (Å²) in [4.78, 5) is 18.1. The molecule has 0 aliphatic heterocycles. The first-order valence-corrected chi connectivity index (χ1v) is 7.59. The summed E-state index contributed by atoms with van der Waals surface area (Å²) in [6.07, 6.45) is -2.30. The molecule has 122 valence electrons. The number of hydrogen-bond donors (Lipinski definition) is 0. The van der Waals surface area contributed by atoms with Crippen molar-refractivity contribution in [1.82, 2.24) is 9.88 Å². The van der Waals surface area contributed by atoms with Gasteiger partial charge in [0, 0.05) is 17.1 Å². The number of pyridine rings is 1. The predicted octanol–water partition coefficient (Wildman–Crippen LogP) is 4.10. The lowest BCUT2D eigenvalue weighted by Gasteiger charge is -2.38. The van der Waals surface area contributed by atoms with Gasteiger partial charge in [-0.2, -0.15) is 13.2 Å². The Morgan fingerprint density at radius 2 is 2.00 bits per heavy atom. The van der Waals surface area contributed by atoms with E-state index in [4.69, 9.17) is 0 Å². The van der Waals surface area contributed by atoms with Crippen LogP contribution in [0.2, 0.25) is 0 Å². The minimum absolute atomic E-state index is 0.238. The van der Waals surface area contributed by atoms with Crippen molar-refractivity contribution in [2.75, 3.05) is 6.54 Å². The Labute approximate surface area is 132 Å². The van der Waals surface area contributed by atoms with Crippen LogP contribution >= 0.6 is 0 Å². The van der Waals surface area contributed by atoms with Gasteiger partial charge in [-0.3, -0.25) is 9.78 Å². The van der Waals surface area contributed by atoms with Crippen LogP contribution in [0.4, 0.5) is 13.2 Å². The number of alkyl halides is 3. The van der Waals surface area contributed by atoms with Gasteiger partial charge < -0.3 is 4.90 Å². The quantitative estimate of drug-likeness (QED) is 0.852. The number of amides is 1. The summed E-state index contributed by atoms with van der Waals surface area (Å²) in [5, 5.41) is 0.752. The Hall–Kier alpha value is -2.11. The van der Waals surface area contributed by atoms with Gasteiger partial charge in [0.1, 0.15) is 6.54 Å². The monoisotopic (exact) mass is 322 g/mol. The van der Waals surface area contributed by atoms with Crippen molar-refractivity contribution < 1.29 is 18.0 Å². The van der Waals surface area contributed by atoms with E-state index in [-0.39, 0.29) is 11.6 Å². The van der Waals surface area contributed by atoms with Crippen molar-refractivity contribution >= 4 is 16.8 Å². The molecule has 1 fully saturated rings. The van der Waals surface area contributed by atoms with E-state index in [0.717, 1.165) is 22.4 Å². The van der Waals surface area contributed by atoms with Crippen LogP contribution < -0.4 is 0 Å². The summed E-state index contributed by atoms with van der Waals surface area (Å²) in [5.74, 6) is -0.587. The van der Waals surface area contributed by atoms with Gasteiger partial charge in [-0.25, -0.2) is 0 Å². The fourth-order valence-electron chi connectivity index (χ4n) is 2.83. The second kappa shape index (κ2) is 5.83. The minimum Gasteiger partial charge on any atom is -0.326 e. The maximum Gasteiger partial charge on any atom is 0.406 e. The fraction of sp³-hybridized carbons (Fsp3) is 0.412. The standard InChI is InChI=1S/C17H17F3N2O/c1-11-8-9-12-4-2-7-14(15(12)21-11)16(23)22(10-17(18,19)20)13-5-3-6-13/h2,4,7-9,13H,3,5-6,10H2,1H3. The molecule has 0 spiro atoms. The fourth-order valence-corrected chi connectivity index (χ4v) is 2.83. The third kappa shape index (κ3) is 3.30. The molecule has 23 heavy (non-hydrogen) atoms. The third-order valence-electron chi connectivity index (χ3n) is 4.22. The number of rotatable bonds is 3. The van der Waals surface area contributed by atoms with Gasteiger partial charge in [0.05, 0.1) is 11.1 Å². The van der Waals surface area contributed by atoms with Gasteiger partial charge in [0.2, 0.25) is 0 Å². The van der Waals surface area contributed by atoms with Crippen molar-refractivity contribution in [3.05, 3.63) is 41.6 Å². The van der Waals surface area contributed by atoms with Crippen molar-refractivity contribution in [1.29, 1.82) is 0 Å². The highest BCUT2D eigenvalue weighted by Gasteiger charge is 2.39. The van der Waals surface area contributed by atoms with Gasteiger partial charge in [0.15, 0.2) is 0 Å². The summed E-state index contributed by atoms with van der Waals surface area (Å²) in [5.41, 5.74) is 1.43. The Morgan fingerprint density at radius 1 is 1.26 bits per heavy atom. The SMILES string of the molecule is Cc1ccc2cccc(C(=O)N(CC(F)(F)F)C3CCC3)c2n1. The molecular formula is C17H17F3N2O. The Morgan fingerprint density at radius 3 is 2.61 bits per heavy atom. The summed E-state index contributed by atoms with van der Waals surface area (Å²) >= 11 is 0. The average molecular weight is 322 g/mol. The lowest BCUT2D eigenvalue weighted by Crippen LogP contribution is -2.48. The molecular weight excluding hydrogens is 305 g/mol. The molecule has 3 rings (SSSR count). The second-order valence-electron chi connectivity index (χ2n) is 5.96. The van der Waals surface area contributed by atoms with Crippen LogP contribution in [0.5, 0.6) is 0 Å². The molecule has 1 aliphatic rings. The van der Waals surface area contributed by atoms with E-state index in [1.165, 1.54) is 0 Å². The van der Waals surface area contributed by atoms with E-state index in [9.17, 15) is 18.0 Å². The molecule has 6 heteroatoms. The highest BCUT2D eigenvalue weighted by Crippen LogP contribution is 2.30. The molecule has 1 aromatic carbocycles. The van der Waals surface area contributed by atoms with Crippen LogP contribution in [-0.4, -0.2) is 34.6 Å². The molecule has 0 unspecified atom stereocenters. The van der Waals surface area contributed by atoms with Gasteiger partial charge in [0.25, 0.3) is 5.91 Å². The zero-order valence-electron chi connectivity index (χ0n) is 12.7. The Bertz CT molecular complexity index is 738. The van der Waals surface area contributed by atoms with Crippen LogP contribution in [-0.2, 0) is 0 Å². The van der Waals surface area contributed by atoms with E-state index in [1.807, 2.05) is 12.1 Å². The zero-order valence-corrected chi connectivity index (χ0v) is 12.7. The molecule has 1 aromatic heterocycles. The van der Waals surface area contributed by atoms with E-state index in [2.05, 4.69) is 4.98 Å². The van der Waals surface area contributed by atoms with Crippen LogP contribution in [0.15, 0.2) is 30.3 Å². The second-order valence-corrected chi connectivity index (χ2v) is 5.96. The highest BCUT2D eigenvalue weighted by molar-refractivity contribution is 6.05. The normalized spacial score (nSPS) is 15.5. The molecule has 1 amide bonds. The topological polar surface area (TPSA) is 33.2 Å². The number of para-hydroxylation sites is 1. The summed E-state index contributed by atoms with van der Waals surface area (Å²) in [6.45, 7) is 0.582. The molecule has 0 radical (unpaired) electrons. The maximum absolute atomic E-state index is 12.9. The van der Waals surface area contributed by atoms with Gasteiger partial charge >= 0.3 is 6.18 Å². The van der Waals surface area contributed by atoms with Crippen molar-refractivity contribution in [2.24, 2.45) is 0 Å². The molecule has 1 aliphatic carbocycles. The van der Waals surface area contributed by atoms with Crippen LogP contribution in [0.3, 0.4) is 0 Å². The molecule has 1 saturated carbocycles. The zero-order chi connectivity index (χ0) is 16.6. The number of aromatic nitrogens is 1. The summed E-state index contributed by atoms with van der Waals surface area (Å²) in [6, 6.07) is 8.35. The Kier molecular flexibility index (Phi) is 4.00. The first-order chi connectivity index (χ1) is 10.8. The first-order valence-electron chi connectivity index (χ1n) is 7.59. The highest BCUT2D eigenvalue weighted by atomic mass is 19.4. The number of carbonyl (C=O) groups is 1. The number of fused-ring (bicyclic) bond motifs is 1. The number of benzene rings is 1. The Balaban J connectivity index is 2.01. The van der Waals surface area contributed by atoms with Gasteiger partial charge in [-0.15, -0.1) is 0 Å². The molecule has 1 heterocycles. The lowest BCUT2D eigenvalue weighted by atomic mass is 9.90. The predicted molar refractivity (Wildman–Crippen MR) is 81.2 cm³/mol. The van der Waals surface area contributed by atoms with Gasteiger partial charge in [-0.05, 0) is 38.3 Å². The smallest absolute Gasteiger partial charge is 0.326 e. The molecule has 0 bridgehead atoms. The molecule has 3 nitrogen and oxygen atoms in total. The number of nitrogens with zero attached hydrogens (tertiary/aromatic N) is 2. The van der Waals surface area contributed by atoms with Gasteiger partial charge in [-0.1, -0.05) is 18.2 Å². The van der Waals surface area contributed by atoms with E-state index >= 15 is 0 Å². The molecule has 0 atom stereocenters. The number of halogens is 3. The van der Waals surface area contributed by atoms with E-state index in [0.29, 0.717) is 18.4 Å². The number of aryl methyl sites for hydroxylation is 1. The maximum atomic E-state index is 12.9. The molecule has 0 saturated heterocycles. The van der Waals surface area contributed by atoms with E-state index in [1.54, 1.807) is 25.1 Å². The van der Waals surface area contributed by atoms with Crippen LogP contribution in [0.25, 0.3) is 10.9 Å². The minimum atomic E-state index is -4.40. The number of hydrogen-bond acceptors (Lipinski definition) is 2. The number of carbonyl (C=O) groups excluding carboxylic acids is 1. The summed E-state index contributed by atoms with van der Waals surface area (Å²) in [7, 11) is 0. The summed E-state index contributed by atoms with van der Waals surface area (Å²) < 4.78 is 38.6. The lowest BCUT2D eigenvalue weighted by molar-refractivity contribution is -0.147. The van der Waals surface area contributed by atoms with Crippen LogP contribution in [0, 0.1) is 6.92 Å². The van der Waals surface area contributed by atoms with Crippen molar-refractivity contribution in [2.45, 2.75) is 38.4 Å². The largest absolute Gasteiger partial charge is 0.406 e. The first kappa shape index (κ1) is 15.8. The average Bonchev–Trinajstić information content (AvgIpc) is 2.42. The third-order valence-corrected chi connectivity index (χ3v) is 4.22. The van der Waals surface area contributed by atoms with Crippen LogP contribution in [0.1, 0.15) is 35.3 Å². The molecule has 0 N–H and O–H groups in total. The van der Waals surface area contributed by atoms with Crippen molar-refractivity contribution in [3.63, 3.8) is 0 Å². The van der Waals surface area contributed by atoms with E-state index < -0.39 is 18.6 Å².